The van der Waals surface area contributed by atoms with Gasteiger partial charge in [0.15, 0.2) is 0 Å². The molecule has 3 aromatic carbocycles. The van der Waals surface area contributed by atoms with Crippen molar-refractivity contribution < 1.29 is 28.8 Å². The van der Waals surface area contributed by atoms with Gasteiger partial charge in [-0.1, -0.05) is 11.6 Å². The normalized spacial score (nSPS) is 22.4. The number of anilines is 3. The molecule has 9 rings (SSSR count). The van der Waals surface area contributed by atoms with E-state index in [0.29, 0.717) is 47.3 Å². The maximum absolute atomic E-state index is 13.7. The highest BCUT2D eigenvalue weighted by Crippen LogP contribution is 2.44. The first kappa shape index (κ1) is 39.7. The first-order valence-corrected chi connectivity index (χ1v) is 21.4. The van der Waals surface area contributed by atoms with E-state index in [2.05, 4.69) is 26.1 Å². The molecule has 0 radical (unpaired) electrons. The van der Waals surface area contributed by atoms with Crippen LogP contribution in [0.4, 0.5) is 17.1 Å². The Morgan fingerprint density at radius 3 is 2.07 bits per heavy atom. The zero-order valence-electron chi connectivity index (χ0n) is 33.4. The van der Waals surface area contributed by atoms with Crippen molar-refractivity contribution in [3.63, 3.8) is 0 Å². The van der Waals surface area contributed by atoms with Crippen molar-refractivity contribution in [2.24, 2.45) is 11.3 Å². The predicted octanol–water partition coefficient (Wildman–Crippen LogP) is 4.31. The molecule has 1 atom stereocenters. The van der Waals surface area contributed by atoms with Crippen molar-refractivity contribution in [2.75, 3.05) is 80.1 Å². The molecule has 1 spiro atoms. The molecule has 0 bridgehead atoms. The highest BCUT2D eigenvalue weighted by atomic mass is 35.5. The Kier molecular flexibility index (Phi) is 10.6. The lowest BCUT2D eigenvalue weighted by atomic mass is 9.77. The van der Waals surface area contributed by atoms with E-state index >= 15 is 0 Å². The smallest absolute Gasteiger partial charge is 0.262 e. The summed E-state index contributed by atoms with van der Waals surface area (Å²) >= 11 is 6.27. The lowest BCUT2D eigenvalue weighted by molar-refractivity contribution is -0.136. The number of rotatable bonds is 7. The SMILES string of the molecule is N#Cc1ccc(N2CCC3(CCN(c4ccc(C(=O)N5CCN(CC6CCN(c7ccc8c(c7)C(=O)N(C7CCC(=O)NC7=O)C8=O)CC6)CC5)cc4)CC3)C2=O)cc1Cl. The van der Waals surface area contributed by atoms with E-state index < -0.39 is 35.1 Å². The summed E-state index contributed by atoms with van der Waals surface area (Å²) in [6.07, 6.45) is 4.48. The molecule has 6 heterocycles. The Hall–Kier alpha value is -5.78. The summed E-state index contributed by atoms with van der Waals surface area (Å²) in [5.74, 6) is -1.32. The molecule has 0 aliphatic carbocycles. The number of nitrogens with one attached hydrogen (secondary N) is 1. The third-order valence-electron chi connectivity index (χ3n) is 13.7. The van der Waals surface area contributed by atoms with E-state index in [0.717, 1.165) is 99.9 Å². The van der Waals surface area contributed by atoms with Gasteiger partial charge < -0.3 is 19.6 Å². The van der Waals surface area contributed by atoms with Crippen LogP contribution in [0.25, 0.3) is 0 Å². The van der Waals surface area contributed by atoms with Crippen molar-refractivity contribution in [2.45, 2.75) is 51.0 Å². The number of hydrogen-bond donors (Lipinski definition) is 1. The first-order chi connectivity index (χ1) is 29.0. The zero-order chi connectivity index (χ0) is 41.7. The van der Waals surface area contributed by atoms with Crippen molar-refractivity contribution in [1.29, 1.82) is 5.26 Å². The van der Waals surface area contributed by atoms with Gasteiger partial charge in [-0.2, -0.15) is 5.26 Å². The quantitative estimate of drug-likeness (QED) is 0.341. The van der Waals surface area contributed by atoms with Gasteiger partial charge in [0.1, 0.15) is 12.1 Å². The molecule has 3 aromatic rings. The van der Waals surface area contributed by atoms with E-state index in [9.17, 15) is 34.0 Å². The molecule has 0 aromatic heterocycles. The minimum atomic E-state index is -0.981. The molecule has 1 unspecified atom stereocenters. The standard InChI is InChI=1S/C45H47ClN8O6/c46-37-26-34(6-3-31(37)27-47)53-20-15-45(44(53)60)13-18-51(19-14-45)32-4-1-30(2-5-32)41(57)52-23-21-49(22-24-52)28-29-11-16-50(17-12-29)33-7-8-35-36(25-33)43(59)54(42(35)58)38-9-10-39(55)48-40(38)56/h1-8,25-26,29,38H,9-24,28H2,(H,48,55,56). The molecule has 5 fully saturated rings. The highest BCUT2D eigenvalue weighted by Gasteiger charge is 2.49. The van der Waals surface area contributed by atoms with Crippen LogP contribution in [0.15, 0.2) is 60.7 Å². The Labute approximate surface area is 353 Å². The number of benzene rings is 3. The third kappa shape index (κ3) is 7.28. The maximum atomic E-state index is 13.7. The van der Waals surface area contributed by atoms with E-state index in [1.54, 1.807) is 30.3 Å². The number of piperidine rings is 3. The molecule has 5 saturated heterocycles. The minimum absolute atomic E-state index is 0.0430. The molecule has 6 aliphatic rings. The van der Waals surface area contributed by atoms with Gasteiger partial charge in [-0.15, -0.1) is 0 Å². The average Bonchev–Trinajstić information content (AvgIpc) is 3.71. The van der Waals surface area contributed by atoms with Gasteiger partial charge >= 0.3 is 0 Å². The Bertz CT molecular complexity index is 2300. The fraction of sp³-hybridized carbons (Fsp3) is 0.444. The van der Waals surface area contributed by atoms with Gasteiger partial charge in [-0.3, -0.25) is 43.9 Å². The van der Waals surface area contributed by atoms with E-state index in [-0.39, 0.29) is 30.2 Å². The van der Waals surface area contributed by atoms with E-state index in [1.165, 1.54) is 0 Å². The number of nitriles is 1. The number of amides is 6. The number of carbonyl (C=O) groups excluding carboxylic acids is 6. The first-order valence-electron chi connectivity index (χ1n) is 21.0. The second kappa shape index (κ2) is 16.0. The lowest BCUT2D eigenvalue weighted by Gasteiger charge is -2.39. The summed E-state index contributed by atoms with van der Waals surface area (Å²) in [4.78, 5) is 89.5. The topological polar surface area (TPSA) is 158 Å². The number of piperazine rings is 1. The molecule has 310 valence electrons. The summed E-state index contributed by atoms with van der Waals surface area (Å²) in [7, 11) is 0. The van der Waals surface area contributed by atoms with E-state index in [1.807, 2.05) is 40.1 Å². The molecule has 6 aliphatic heterocycles. The van der Waals surface area contributed by atoms with Crippen LogP contribution in [-0.2, 0) is 14.4 Å². The number of nitrogens with zero attached hydrogens (tertiary/aromatic N) is 7. The number of hydrogen-bond acceptors (Lipinski definition) is 10. The van der Waals surface area contributed by atoms with Crippen LogP contribution in [0.3, 0.4) is 0 Å². The molecular weight excluding hydrogens is 784 g/mol. The zero-order valence-corrected chi connectivity index (χ0v) is 34.2. The van der Waals surface area contributed by atoms with Crippen LogP contribution in [0.5, 0.6) is 0 Å². The summed E-state index contributed by atoms with van der Waals surface area (Å²) < 4.78 is 0. The van der Waals surface area contributed by atoms with Crippen molar-refractivity contribution in [3.8, 4) is 6.07 Å². The van der Waals surface area contributed by atoms with Crippen LogP contribution in [0.1, 0.15) is 81.6 Å². The van der Waals surface area contributed by atoms with Crippen LogP contribution >= 0.6 is 11.6 Å². The van der Waals surface area contributed by atoms with Gasteiger partial charge in [0.05, 0.1) is 27.1 Å². The summed E-state index contributed by atoms with van der Waals surface area (Å²) in [6.45, 7) is 7.73. The summed E-state index contributed by atoms with van der Waals surface area (Å²) in [6, 6.07) is 19.4. The van der Waals surface area contributed by atoms with Crippen LogP contribution in [-0.4, -0.2) is 122 Å². The second-order valence-corrected chi connectivity index (χ2v) is 17.4. The maximum Gasteiger partial charge on any atom is 0.262 e. The second-order valence-electron chi connectivity index (χ2n) is 17.0. The Morgan fingerprint density at radius 2 is 1.38 bits per heavy atom. The van der Waals surface area contributed by atoms with Gasteiger partial charge in [-0.05, 0) is 105 Å². The minimum Gasteiger partial charge on any atom is -0.371 e. The summed E-state index contributed by atoms with van der Waals surface area (Å²) in [5, 5.41) is 11.8. The monoisotopic (exact) mass is 830 g/mol. The molecule has 14 nitrogen and oxygen atoms in total. The van der Waals surface area contributed by atoms with Gasteiger partial charge in [0, 0.05) is 94.5 Å². The number of imide groups is 2. The largest absolute Gasteiger partial charge is 0.371 e. The van der Waals surface area contributed by atoms with Crippen molar-refractivity contribution in [3.05, 3.63) is 87.9 Å². The average molecular weight is 831 g/mol. The van der Waals surface area contributed by atoms with Crippen LogP contribution in [0.2, 0.25) is 5.02 Å². The number of carbonyl (C=O) groups is 6. The molecule has 0 saturated carbocycles. The van der Waals surface area contributed by atoms with E-state index in [4.69, 9.17) is 11.6 Å². The molecule has 60 heavy (non-hydrogen) atoms. The highest BCUT2D eigenvalue weighted by molar-refractivity contribution is 6.32. The van der Waals surface area contributed by atoms with Gasteiger partial charge in [0.2, 0.25) is 17.7 Å². The van der Waals surface area contributed by atoms with Crippen LogP contribution in [0, 0.1) is 22.7 Å². The predicted molar refractivity (Wildman–Crippen MR) is 224 cm³/mol. The Balaban J connectivity index is 0.719. The summed E-state index contributed by atoms with van der Waals surface area (Å²) in [5.41, 5.74) is 3.93. The lowest BCUT2D eigenvalue weighted by Crippen LogP contribution is -2.54. The number of fused-ring (bicyclic) bond motifs is 1. The van der Waals surface area contributed by atoms with Gasteiger partial charge in [0.25, 0.3) is 17.7 Å². The Morgan fingerprint density at radius 1 is 0.733 bits per heavy atom. The third-order valence-corrected chi connectivity index (χ3v) is 14.0. The van der Waals surface area contributed by atoms with Gasteiger partial charge in [-0.25, -0.2) is 0 Å². The fourth-order valence-corrected chi connectivity index (χ4v) is 10.2. The molecule has 1 N–H and O–H groups in total. The number of halogens is 1. The molecular formula is C45H47ClN8O6. The van der Waals surface area contributed by atoms with Crippen molar-refractivity contribution in [1.82, 2.24) is 20.0 Å². The fourth-order valence-electron chi connectivity index (χ4n) is 10.0. The molecule has 15 heteroatoms. The van der Waals surface area contributed by atoms with Crippen molar-refractivity contribution >= 4 is 64.1 Å². The van der Waals surface area contributed by atoms with Crippen LogP contribution < -0.4 is 20.0 Å². The molecule has 6 amide bonds.